The summed E-state index contributed by atoms with van der Waals surface area (Å²) >= 11 is 5.73. The third-order valence-electron chi connectivity index (χ3n) is 2.05. The Morgan fingerprint density at radius 1 is 1.36 bits per heavy atom. The van der Waals surface area contributed by atoms with E-state index in [0.29, 0.717) is 5.02 Å². The minimum absolute atomic E-state index is 0.00974. The van der Waals surface area contributed by atoms with E-state index in [9.17, 15) is 8.78 Å². The quantitative estimate of drug-likeness (QED) is 0.828. The van der Waals surface area contributed by atoms with E-state index in [0.717, 1.165) is 5.56 Å². The first kappa shape index (κ1) is 11.4. The molecule has 0 aliphatic carbocycles. The molecule has 0 amide bonds. The molecule has 0 aliphatic rings. The maximum absolute atomic E-state index is 12.4. The van der Waals surface area contributed by atoms with Crippen LogP contribution in [0.1, 0.15) is 5.56 Å². The molecule has 0 aliphatic heterocycles. The molecule has 0 heterocycles. The third-order valence-corrected chi connectivity index (χ3v) is 2.28. The van der Waals surface area contributed by atoms with Gasteiger partial charge < -0.3 is 5.73 Å². The Kier molecular flexibility index (Phi) is 4.29. The van der Waals surface area contributed by atoms with Crippen molar-refractivity contribution in [1.82, 2.24) is 0 Å². The van der Waals surface area contributed by atoms with Crippen LogP contribution in [0, 0.1) is 5.92 Å². The lowest BCUT2D eigenvalue weighted by molar-refractivity contribution is 0.0814. The van der Waals surface area contributed by atoms with Gasteiger partial charge in [-0.05, 0) is 24.1 Å². The van der Waals surface area contributed by atoms with E-state index >= 15 is 0 Å². The van der Waals surface area contributed by atoms with Crippen LogP contribution >= 0.6 is 11.6 Å². The highest BCUT2D eigenvalue weighted by atomic mass is 35.5. The molecule has 0 spiro atoms. The number of hydrogen-bond donors (Lipinski definition) is 1. The second-order valence-corrected chi connectivity index (χ2v) is 3.60. The van der Waals surface area contributed by atoms with E-state index in [4.69, 9.17) is 17.3 Å². The Morgan fingerprint density at radius 2 is 2.07 bits per heavy atom. The van der Waals surface area contributed by atoms with E-state index in [1.165, 1.54) is 0 Å². The van der Waals surface area contributed by atoms with Crippen molar-refractivity contribution in [2.24, 2.45) is 11.7 Å². The summed E-state index contributed by atoms with van der Waals surface area (Å²) in [4.78, 5) is 0. The standard InChI is InChI=1S/C10H12ClF2N/c11-9-3-1-2-7(5-9)4-8(6-14)10(12)13/h1-3,5,8,10H,4,6,14H2. The lowest BCUT2D eigenvalue weighted by atomic mass is 10.00. The van der Waals surface area contributed by atoms with Crippen LogP contribution in [-0.2, 0) is 6.42 Å². The first-order valence-corrected chi connectivity index (χ1v) is 4.74. The van der Waals surface area contributed by atoms with Gasteiger partial charge in [-0.1, -0.05) is 23.7 Å². The van der Waals surface area contributed by atoms with Crippen molar-refractivity contribution < 1.29 is 8.78 Å². The predicted molar refractivity (Wildman–Crippen MR) is 53.7 cm³/mol. The van der Waals surface area contributed by atoms with Gasteiger partial charge in [-0.3, -0.25) is 0 Å². The number of alkyl halides is 2. The van der Waals surface area contributed by atoms with Crippen molar-refractivity contribution in [3.63, 3.8) is 0 Å². The minimum atomic E-state index is -2.38. The van der Waals surface area contributed by atoms with E-state index < -0.39 is 12.3 Å². The summed E-state index contributed by atoms with van der Waals surface area (Å²) in [6.07, 6.45) is -2.10. The normalized spacial score (nSPS) is 13.2. The topological polar surface area (TPSA) is 26.0 Å². The van der Waals surface area contributed by atoms with Gasteiger partial charge in [0.2, 0.25) is 6.43 Å². The van der Waals surface area contributed by atoms with E-state index in [1.54, 1.807) is 24.3 Å². The van der Waals surface area contributed by atoms with Crippen molar-refractivity contribution in [1.29, 1.82) is 0 Å². The fourth-order valence-electron chi connectivity index (χ4n) is 1.24. The van der Waals surface area contributed by atoms with Crippen LogP contribution in [-0.4, -0.2) is 13.0 Å². The number of hydrogen-bond acceptors (Lipinski definition) is 1. The smallest absolute Gasteiger partial charge is 0.242 e. The molecule has 1 unspecified atom stereocenters. The van der Waals surface area contributed by atoms with Crippen LogP contribution in [0.25, 0.3) is 0 Å². The average Bonchev–Trinajstić information content (AvgIpc) is 2.14. The second kappa shape index (κ2) is 5.27. The first-order chi connectivity index (χ1) is 6.63. The summed E-state index contributed by atoms with van der Waals surface area (Å²) < 4.78 is 24.7. The Balaban J connectivity index is 2.67. The first-order valence-electron chi connectivity index (χ1n) is 4.36. The van der Waals surface area contributed by atoms with Crippen molar-refractivity contribution in [3.8, 4) is 0 Å². The maximum atomic E-state index is 12.4. The van der Waals surface area contributed by atoms with Crippen LogP contribution in [0.4, 0.5) is 8.78 Å². The van der Waals surface area contributed by atoms with Gasteiger partial charge in [-0.25, -0.2) is 8.78 Å². The molecule has 1 aromatic carbocycles. The van der Waals surface area contributed by atoms with Crippen LogP contribution in [0.2, 0.25) is 5.02 Å². The zero-order valence-corrected chi connectivity index (χ0v) is 8.35. The number of nitrogens with two attached hydrogens (primary N) is 1. The van der Waals surface area contributed by atoms with Gasteiger partial charge in [0, 0.05) is 17.5 Å². The maximum Gasteiger partial charge on any atom is 0.242 e. The van der Waals surface area contributed by atoms with Gasteiger partial charge >= 0.3 is 0 Å². The Labute approximate surface area is 86.9 Å². The Morgan fingerprint density at radius 3 is 2.57 bits per heavy atom. The van der Waals surface area contributed by atoms with Gasteiger partial charge in [-0.15, -0.1) is 0 Å². The molecule has 1 atom stereocenters. The van der Waals surface area contributed by atoms with Crippen LogP contribution in [0.15, 0.2) is 24.3 Å². The third kappa shape index (κ3) is 3.24. The van der Waals surface area contributed by atoms with Crippen LogP contribution in [0.5, 0.6) is 0 Å². The SMILES string of the molecule is NCC(Cc1cccc(Cl)c1)C(F)F. The summed E-state index contributed by atoms with van der Waals surface area (Å²) in [6.45, 7) is -0.00974. The minimum Gasteiger partial charge on any atom is -0.330 e. The summed E-state index contributed by atoms with van der Waals surface area (Å²) in [6, 6.07) is 6.92. The largest absolute Gasteiger partial charge is 0.330 e. The summed E-state index contributed by atoms with van der Waals surface area (Å²) in [7, 11) is 0. The van der Waals surface area contributed by atoms with Crippen molar-refractivity contribution in [3.05, 3.63) is 34.9 Å². The van der Waals surface area contributed by atoms with E-state index in [2.05, 4.69) is 0 Å². The molecule has 1 aromatic rings. The highest BCUT2D eigenvalue weighted by Gasteiger charge is 2.18. The molecule has 0 aromatic heterocycles. The zero-order valence-electron chi connectivity index (χ0n) is 7.59. The molecule has 2 N–H and O–H groups in total. The monoisotopic (exact) mass is 219 g/mol. The highest BCUT2D eigenvalue weighted by molar-refractivity contribution is 6.30. The van der Waals surface area contributed by atoms with Crippen molar-refractivity contribution in [2.75, 3.05) is 6.54 Å². The molecule has 1 rings (SSSR count). The van der Waals surface area contributed by atoms with E-state index in [-0.39, 0.29) is 13.0 Å². The van der Waals surface area contributed by atoms with Crippen LogP contribution in [0.3, 0.4) is 0 Å². The zero-order chi connectivity index (χ0) is 10.6. The van der Waals surface area contributed by atoms with E-state index in [1.807, 2.05) is 0 Å². The molecule has 0 saturated carbocycles. The average molecular weight is 220 g/mol. The molecule has 14 heavy (non-hydrogen) atoms. The fraction of sp³-hybridized carbons (Fsp3) is 0.400. The number of rotatable bonds is 4. The molecule has 78 valence electrons. The molecule has 0 radical (unpaired) electrons. The molecule has 0 fully saturated rings. The van der Waals surface area contributed by atoms with Crippen LogP contribution < -0.4 is 5.73 Å². The predicted octanol–water partition coefficient (Wildman–Crippen LogP) is 2.72. The Bertz CT molecular complexity index is 291. The summed E-state index contributed by atoms with van der Waals surface area (Å²) in [5, 5.41) is 0.563. The molecule has 0 saturated heterocycles. The number of halogens is 3. The second-order valence-electron chi connectivity index (χ2n) is 3.16. The van der Waals surface area contributed by atoms with Crippen molar-refractivity contribution >= 4 is 11.6 Å². The fourth-order valence-corrected chi connectivity index (χ4v) is 1.45. The number of benzene rings is 1. The Hall–Kier alpha value is -0.670. The molecular formula is C10H12ClF2N. The molecule has 0 bridgehead atoms. The van der Waals surface area contributed by atoms with Gasteiger partial charge in [-0.2, -0.15) is 0 Å². The van der Waals surface area contributed by atoms with Crippen molar-refractivity contribution in [2.45, 2.75) is 12.8 Å². The molecular weight excluding hydrogens is 208 g/mol. The summed E-state index contributed by atoms with van der Waals surface area (Å²) in [5.74, 6) is -0.784. The molecule has 4 heteroatoms. The lowest BCUT2D eigenvalue weighted by Gasteiger charge is -2.13. The highest BCUT2D eigenvalue weighted by Crippen LogP contribution is 2.18. The lowest BCUT2D eigenvalue weighted by Crippen LogP contribution is -2.23. The molecule has 1 nitrogen and oxygen atoms in total. The summed E-state index contributed by atoms with van der Waals surface area (Å²) in [5.41, 5.74) is 6.05. The van der Waals surface area contributed by atoms with Gasteiger partial charge in [0.25, 0.3) is 0 Å². The van der Waals surface area contributed by atoms with Gasteiger partial charge in [0.1, 0.15) is 0 Å². The van der Waals surface area contributed by atoms with Gasteiger partial charge in [0.15, 0.2) is 0 Å². The van der Waals surface area contributed by atoms with Gasteiger partial charge in [0.05, 0.1) is 0 Å².